The smallest absolute Gasteiger partial charge is 0.351 e. The first-order chi connectivity index (χ1) is 12.3. The molecule has 1 aromatic carbocycles. The lowest BCUT2D eigenvalue weighted by molar-refractivity contribution is -0.277. The van der Waals surface area contributed by atoms with Crippen LogP contribution in [-0.4, -0.2) is 68.8 Å². The van der Waals surface area contributed by atoms with E-state index >= 15 is 0 Å². The Hall–Kier alpha value is -2.50. The van der Waals surface area contributed by atoms with Crippen LogP contribution >= 0.6 is 0 Å². The first kappa shape index (κ1) is 18.3. The van der Waals surface area contributed by atoms with Crippen LogP contribution in [0.2, 0.25) is 0 Å². The molecule has 0 amide bonds. The third kappa shape index (κ3) is 3.28. The molecule has 5 unspecified atom stereocenters. The predicted octanol–water partition coefficient (Wildman–Crippen LogP) is -1.33. The van der Waals surface area contributed by atoms with E-state index in [4.69, 9.17) is 24.1 Å². The summed E-state index contributed by atoms with van der Waals surface area (Å²) in [6, 6.07) is 5.28. The summed E-state index contributed by atoms with van der Waals surface area (Å²) in [6.45, 7) is -0.602. The number of aliphatic hydroxyl groups is 4. The molecule has 0 radical (unpaired) electrons. The van der Waals surface area contributed by atoms with Gasteiger partial charge in [0.05, 0.1) is 6.61 Å². The molecule has 5 N–H and O–H groups in total. The number of carboxylic acids is 1. The van der Waals surface area contributed by atoms with Crippen molar-refractivity contribution >= 4 is 16.9 Å². The highest BCUT2D eigenvalue weighted by Crippen LogP contribution is 2.26. The first-order valence-electron chi connectivity index (χ1n) is 7.60. The average Bonchev–Trinajstić information content (AvgIpc) is 2.61. The highest BCUT2D eigenvalue weighted by atomic mass is 16.7. The van der Waals surface area contributed by atoms with Crippen LogP contribution in [0.5, 0.6) is 5.75 Å². The number of aliphatic hydroxyl groups excluding tert-OH is 4. The molecular weight excluding hydrogens is 352 g/mol. The molecule has 5 atom stereocenters. The van der Waals surface area contributed by atoms with E-state index in [1.807, 2.05) is 0 Å². The number of carbonyl (C=O) groups is 1. The molecule has 140 valence electrons. The summed E-state index contributed by atoms with van der Waals surface area (Å²) < 4.78 is 15.6. The molecule has 10 nitrogen and oxygen atoms in total. The van der Waals surface area contributed by atoms with E-state index < -0.39 is 54.5 Å². The Balaban J connectivity index is 1.88. The molecule has 0 aliphatic carbocycles. The van der Waals surface area contributed by atoms with E-state index in [1.165, 1.54) is 18.2 Å². The SMILES string of the molecule is O=C(O)c1cc2ccc(OC3OC(CO)C(O)C(O)C3O)cc2oc1=O. The summed E-state index contributed by atoms with van der Waals surface area (Å²) in [6.07, 6.45) is -7.23. The third-order valence-corrected chi connectivity index (χ3v) is 4.04. The molecular formula is C16H16O10. The molecule has 26 heavy (non-hydrogen) atoms. The molecule has 10 heteroatoms. The maximum absolute atomic E-state index is 11.6. The van der Waals surface area contributed by atoms with Gasteiger partial charge in [0.15, 0.2) is 0 Å². The zero-order valence-corrected chi connectivity index (χ0v) is 13.2. The number of hydrogen-bond donors (Lipinski definition) is 5. The molecule has 1 saturated heterocycles. The topological polar surface area (TPSA) is 167 Å². The minimum atomic E-state index is -1.59. The quantitative estimate of drug-likeness (QED) is 0.408. The summed E-state index contributed by atoms with van der Waals surface area (Å²) in [5.41, 5.74) is -1.50. The molecule has 2 heterocycles. The summed E-state index contributed by atoms with van der Waals surface area (Å²) in [4.78, 5) is 22.6. The van der Waals surface area contributed by atoms with Crippen LogP contribution in [-0.2, 0) is 4.74 Å². The summed E-state index contributed by atoms with van der Waals surface area (Å²) in [5, 5.41) is 47.9. The fraction of sp³-hybridized carbons (Fsp3) is 0.375. The van der Waals surface area contributed by atoms with Crippen molar-refractivity contribution in [3.63, 3.8) is 0 Å². The zero-order valence-electron chi connectivity index (χ0n) is 13.2. The minimum Gasteiger partial charge on any atom is -0.477 e. The van der Waals surface area contributed by atoms with Gasteiger partial charge in [-0.05, 0) is 18.2 Å². The Kier molecular flexibility index (Phi) is 4.94. The van der Waals surface area contributed by atoms with E-state index in [-0.39, 0.29) is 11.3 Å². The molecule has 1 fully saturated rings. The van der Waals surface area contributed by atoms with Gasteiger partial charge < -0.3 is 39.4 Å². The Morgan fingerprint density at radius 1 is 1.12 bits per heavy atom. The molecule has 2 aromatic rings. The lowest BCUT2D eigenvalue weighted by Gasteiger charge is -2.39. The number of aromatic carboxylic acids is 1. The van der Waals surface area contributed by atoms with Crippen molar-refractivity contribution in [2.75, 3.05) is 6.61 Å². The zero-order chi connectivity index (χ0) is 19.0. The van der Waals surface area contributed by atoms with Crippen molar-refractivity contribution in [1.29, 1.82) is 0 Å². The van der Waals surface area contributed by atoms with Crippen molar-refractivity contribution in [2.24, 2.45) is 0 Å². The van der Waals surface area contributed by atoms with Gasteiger partial charge >= 0.3 is 11.6 Å². The Labute approximate surface area is 145 Å². The van der Waals surface area contributed by atoms with Gasteiger partial charge in [-0.25, -0.2) is 9.59 Å². The highest BCUT2D eigenvalue weighted by Gasteiger charge is 2.44. The van der Waals surface area contributed by atoms with E-state index in [9.17, 15) is 24.9 Å². The second-order valence-corrected chi connectivity index (χ2v) is 5.77. The molecule has 1 aliphatic heterocycles. The van der Waals surface area contributed by atoms with E-state index in [0.29, 0.717) is 5.39 Å². The fourth-order valence-electron chi connectivity index (χ4n) is 2.61. The van der Waals surface area contributed by atoms with Crippen molar-refractivity contribution < 1.29 is 44.2 Å². The lowest BCUT2D eigenvalue weighted by atomic mass is 9.99. The number of hydrogen-bond acceptors (Lipinski definition) is 9. The molecule has 0 spiro atoms. The standard InChI is InChI=1S/C16H16O10/c17-5-10-11(18)12(19)13(20)16(26-10)24-7-2-1-6-3-8(14(21)22)15(23)25-9(6)4-7/h1-4,10-13,16-20H,5H2,(H,21,22). The van der Waals surface area contributed by atoms with Crippen LogP contribution in [0.25, 0.3) is 11.0 Å². The van der Waals surface area contributed by atoms with Crippen LogP contribution < -0.4 is 10.4 Å². The number of benzene rings is 1. The van der Waals surface area contributed by atoms with Crippen molar-refractivity contribution in [3.05, 3.63) is 40.2 Å². The van der Waals surface area contributed by atoms with Crippen molar-refractivity contribution in [2.45, 2.75) is 30.7 Å². The monoisotopic (exact) mass is 368 g/mol. The van der Waals surface area contributed by atoms with Crippen molar-refractivity contribution in [1.82, 2.24) is 0 Å². The van der Waals surface area contributed by atoms with Gasteiger partial charge in [0, 0.05) is 11.5 Å². The number of ether oxygens (including phenoxy) is 2. The molecule has 1 aromatic heterocycles. The Bertz CT molecular complexity index is 873. The summed E-state index contributed by atoms with van der Waals surface area (Å²) in [5.74, 6) is -1.32. The maximum atomic E-state index is 11.6. The van der Waals surface area contributed by atoms with Crippen LogP contribution in [0.4, 0.5) is 0 Å². The fourth-order valence-corrected chi connectivity index (χ4v) is 2.61. The number of carboxylic acid groups (broad SMARTS) is 1. The van der Waals surface area contributed by atoms with Gasteiger partial charge in [-0.2, -0.15) is 0 Å². The number of fused-ring (bicyclic) bond motifs is 1. The van der Waals surface area contributed by atoms with Crippen LogP contribution in [0, 0.1) is 0 Å². The normalized spacial score (nSPS) is 28.8. The first-order valence-corrected chi connectivity index (χ1v) is 7.60. The van der Waals surface area contributed by atoms with Crippen LogP contribution in [0.15, 0.2) is 33.5 Å². The highest BCUT2D eigenvalue weighted by molar-refractivity contribution is 5.91. The van der Waals surface area contributed by atoms with E-state index in [0.717, 1.165) is 6.07 Å². The van der Waals surface area contributed by atoms with Gasteiger partial charge in [-0.1, -0.05) is 0 Å². The van der Waals surface area contributed by atoms with Crippen LogP contribution in [0.3, 0.4) is 0 Å². The van der Waals surface area contributed by atoms with Gasteiger partial charge in [-0.3, -0.25) is 0 Å². The van der Waals surface area contributed by atoms with Gasteiger partial charge in [-0.15, -0.1) is 0 Å². The van der Waals surface area contributed by atoms with Crippen molar-refractivity contribution in [3.8, 4) is 5.75 Å². The average molecular weight is 368 g/mol. The van der Waals surface area contributed by atoms with E-state index in [2.05, 4.69) is 0 Å². The minimum absolute atomic E-state index is 0.0436. The van der Waals surface area contributed by atoms with E-state index in [1.54, 1.807) is 0 Å². The van der Waals surface area contributed by atoms with Crippen LogP contribution in [0.1, 0.15) is 10.4 Å². The van der Waals surface area contributed by atoms with Gasteiger partial charge in [0.25, 0.3) is 0 Å². The predicted molar refractivity (Wildman–Crippen MR) is 83.8 cm³/mol. The largest absolute Gasteiger partial charge is 0.477 e. The molecule has 1 aliphatic rings. The summed E-state index contributed by atoms with van der Waals surface area (Å²) in [7, 11) is 0. The van der Waals surface area contributed by atoms with Gasteiger partial charge in [0.2, 0.25) is 6.29 Å². The van der Waals surface area contributed by atoms with Gasteiger partial charge in [0.1, 0.15) is 41.3 Å². The molecule has 0 bridgehead atoms. The Morgan fingerprint density at radius 2 is 1.85 bits per heavy atom. The summed E-state index contributed by atoms with van der Waals surface area (Å²) >= 11 is 0. The lowest BCUT2D eigenvalue weighted by Crippen LogP contribution is -2.60. The Morgan fingerprint density at radius 3 is 2.50 bits per heavy atom. The molecule has 0 saturated carbocycles. The second-order valence-electron chi connectivity index (χ2n) is 5.77. The third-order valence-electron chi connectivity index (χ3n) is 4.04. The molecule has 3 rings (SSSR count). The maximum Gasteiger partial charge on any atom is 0.351 e. The number of rotatable bonds is 4. The second kappa shape index (κ2) is 7.02.